The normalized spacial score (nSPS) is 19.4. The molecule has 0 radical (unpaired) electrons. The summed E-state index contributed by atoms with van der Waals surface area (Å²) in [5.74, 6) is 7.32. The van der Waals surface area contributed by atoms with Crippen LogP contribution in [0.15, 0.2) is 29.1 Å². The van der Waals surface area contributed by atoms with Crippen molar-refractivity contribution in [2.75, 3.05) is 18.0 Å². The van der Waals surface area contributed by atoms with Crippen LogP contribution in [-0.2, 0) is 26.7 Å². The van der Waals surface area contributed by atoms with E-state index in [0.717, 1.165) is 36.4 Å². The third-order valence-electron chi connectivity index (χ3n) is 7.77. The molecule has 4 rings (SSSR count). The number of aryl methyl sites for hydroxylation is 2. The predicted octanol–water partition coefficient (Wildman–Crippen LogP) is 4.69. The molecule has 0 bridgehead atoms. The Morgan fingerprint density at radius 2 is 1.68 bits per heavy atom. The van der Waals surface area contributed by atoms with Gasteiger partial charge in [0.1, 0.15) is 17.0 Å². The summed E-state index contributed by atoms with van der Waals surface area (Å²) in [6.07, 6.45) is -2.23. The summed E-state index contributed by atoms with van der Waals surface area (Å²) in [6, 6.07) is 5.57. The fourth-order valence-electron chi connectivity index (χ4n) is 5.46. The lowest BCUT2D eigenvalue weighted by Gasteiger charge is -2.49. The van der Waals surface area contributed by atoms with E-state index < -0.39 is 11.7 Å². The lowest BCUT2D eigenvalue weighted by atomic mass is 9.96. The van der Waals surface area contributed by atoms with Crippen molar-refractivity contribution >= 4 is 17.0 Å². The number of alkyl halides is 3. The van der Waals surface area contributed by atoms with Crippen LogP contribution in [0.3, 0.4) is 0 Å². The summed E-state index contributed by atoms with van der Waals surface area (Å²) in [6.45, 7) is 9.36. The Kier molecular flexibility index (Phi) is 7.88. The van der Waals surface area contributed by atoms with Crippen LogP contribution in [-0.4, -0.2) is 49.2 Å². The van der Waals surface area contributed by atoms with Crippen molar-refractivity contribution in [1.82, 2.24) is 24.0 Å². The first-order valence-corrected chi connectivity index (χ1v) is 13.0. The van der Waals surface area contributed by atoms with E-state index in [9.17, 15) is 18.0 Å². The molecule has 38 heavy (non-hydrogen) atoms. The zero-order chi connectivity index (χ0) is 27.8. The number of aromatic nitrogens is 4. The molecule has 1 unspecified atom stereocenters. The molecule has 1 aliphatic rings. The Balaban J connectivity index is 1.71. The average Bonchev–Trinajstić information content (AvgIpc) is 3.24. The molecule has 3 heterocycles. The molecule has 1 saturated heterocycles. The number of piperazine rings is 1. The van der Waals surface area contributed by atoms with Crippen LogP contribution in [0.25, 0.3) is 11.2 Å². The number of hydrogen-bond donors (Lipinski definition) is 0. The Hall–Kier alpha value is -3.32. The second kappa shape index (κ2) is 10.8. The fourth-order valence-corrected chi connectivity index (χ4v) is 5.46. The summed E-state index contributed by atoms with van der Waals surface area (Å²) in [7, 11) is 3.59. The number of nitrogens with zero attached hydrogens (tertiary/aromatic N) is 6. The van der Waals surface area contributed by atoms with E-state index in [1.807, 2.05) is 18.5 Å². The highest BCUT2D eigenvalue weighted by molar-refractivity contribution is 5.84. The summed E-state index contributed by atoms with van der Waals surface area (Å²) in [5.41, 5.74) is 1.25. The van der Waals surface area contributed by atoms with Crippen molar-refractivity contribution in [1.29, 1.82) is 0 Å². The van der Waals surface area contributed by atoms with Crippen LogP contribution < -0.4 is 10.6 Å². The highest BCUT2D eigenvalue weighted by Gasteiger charge is 2.37. The van der Waals surface area contributed by atoms with Crippen molar-refractivity contribution in [3.63, 3.8) is 0 Å². The Bertz CT molecular complexity index is 1410. The lowest BCUT2D eigenvalue weighted by Crippen LogP contribution is -2.59. The van der Waals surface area contributed by atoms with Gasteiger partial charge in [-0.1, -0.05) is 31.9 Å². The maximum absolute atomic E-state index is 13.1. The number of benzene rings is 1. The van der Waals surface area contributed by atoms with Crippen molar-refractivity contribution in [2.45, 2.75) is 71.3 Å². The van der Waals surface area contributed by atoms with Crippen molar-refractivity contribution in [3.05, 3.63) is 51.7 Å². The standard InChI is InChI=1S/C28H35F3N6O/c1-7-10-11-23-32-24-25(33-27(38)35(6)26(24)34(23)5)37-17-21(8-2)36(16-22(37)9-3)18(4)19-12-14-20(15-13-19)28(29,30)31/h12-15,18,21-22H,8-9,11,16-17H2,1-6H3/t18?,21-,22+/m1/s1. The van der Waals surface area contributed by atoms with Crippen molar-refractivity contribution in [3.8, 4) is 11.8 Å². The molecule has 204 valence electrons. The zero-order valence-corrected chi connectivity index (χ0v) is 22.8. The average molecular weight is 529 g/mol. The SMILES string of the molecule is CC#CCc1nc2c(N3C[C@@H](CC)N(C(C)c4ccc(C(F)(F)F)cc4)C[C@@H]3CC)nc(=O)n(C)c2n1C. The third-order valence-corrected chi connectivity index (χ3v) is 7.77. The van der Waals surface area contributed by atoms with Gasteiger partial charge in [-0.2, -0.15) is 18.2 Å². The van der Waals surface area contributed by atoms with Crippen LogP contribution in [0, 0.1) is 11.8 Å². The van der Waals surface area contributed by atoms with E-state index in [4.69, 9.17) is 4.98 Å². The van der Waals surface area contributed by atoms with E-state index in [1.165, 1.54) is 4.57 Å². The summed E-state index contributed by atoms with van der Waals surface area (Å²) in [4.78, 5) is 26.9. The number of imidazole rings is 1. The van der Waals surface area contributed by atoms with Crippen LogP contribution in [0.1, 0.15) is 63.5 Å². The van der Waals surface area contributed by atoms with Gasteiger partial charge < -0.3 is 9.47 Å². The lowest BCUT2D eigenvalue weighted by molar-refractivity contribution is -0.137. The molecule has 10 heteroatoms. The van der Waals surface area contributed by atoms with Gasteiger partial charge in [0.25, 0.3) is 0 Å². The van der Waals surface area contributed by atoms with Crippen LogP contribution in [0.4, 0.5) is 19.0 Å². The van der Waals surface area contributed by atoms with Crippen molar-refractivity contribution in [2.24, 2.45) is 14.1 Å². The fraction of sp³-hybridized carbons (Fsp3) is 0.536. The van der Waals surface area contributed by atoms with Crippen LogP contribution in [0.2, 0.25) is 0 Å². The monoisotopic (exact) mass is 528 g/mol. The molecule has 0 aliphatic carbocycles. The van der Waals surface area contributed by atoms with Gasteiger partial charge in [0, 0.05) is 45.3 Å². The number of anilines is 1. The highest BCUT2D eigenvalue weighted by atomic mass is 19.4. The molecule has 3 atom stereocenters. The molecule has 7 nitrogen and oxygen atoms in total. The highest BCUT2D eigenvalue weighted by Crippen LogP contribution is 2.35. The molecule has 0 saturated carbocycles. The van der Waals surface area contributed by atoms with Gasteiger partial charge in [0.15, 0.2) is 5.82 Å². The third kappa shape index (κ3) is 5.04. The van der Waals surface area contributed by atoms with Crippen LogP contribution >= 0.6 is 0 Å². The zero-order valence-electron chi connectivity index (χ0n) is 22.8. The Morgan fingerprint density at radius 3 is 2.26 bits per heavy atom. The summed E-state index contributed by atoms with van der Waals surface area (Å²) in [5, 5.41) is 0. The topological polar surface area (TPSA) is 59.2 Å². The molecule has 1 fully saturated rings. The smallest absolute Gasteiger partial charge is 0.349 e. The summed E-state index contributed by atoms with van der Waals surface area (Å²) < 4.78 is 42.7. The first kappa shape index (κ1) is 27.7. The molecular weight excluding hydrogens is 493 g/mol. The van der Waals surface area contributed by atoms with Gasteiger partial charge in [-0.25, -0.2) is 9.78 Å². The van der Waals surface area contributed by atoms with Gasteiger partial charge in [0.05, 0.1) is 12.0 Å². The maximum atomic E-state index is 13.1. The van der Waals surface area contributed by atoms with E-state index >= 15 is 0 Å². The molecule has 3 aromatic rings. The molecule has 1 aliphatic heterocycles. The van der Waals surface area contributed by atoms with Gasteiger partial charge in [-0.15, -0.1) is 5.92 Å². The van der Waals surface area contributed by atoms with Crippen molar-refractivity contribution < 1.29 is 13.2 Å². The molecule has 0 amide bonds. The molecule has 2 aromatic heterocycles. The van der Waals surface area contributed by atoms with Gasteiger partial charge >= 0.3 is 11.9 Å². The molecule has 0 N–H and O–H groups in total. The number of fused-ring (bicyclic) bond motifs is 1. The van der Waals surface area contributed by atoms with E-state index in [0.29, 0.717) is 36.5 Å². The minimum Gasteiger partial charge on any atom is -0.349 e. The maximum Gasteiger partial charge on any atom is 0.416 e. The first-order chi connectivity index (χ1) is 18.0. The molecular formula is C28H35F3N6O. The number of hydrogen-bond acceptors (Lipinski definition) is 5. The largest absolute Gasteiger partial charge is 0.416 e. The predicted molar refractivity (Wildman–Crippen MR) is 143 cm³/mol. The van der Waals surface area contributed by atoms with Crippen LogP contribution in [0.5, 0.6) is 0 Å². The Labute approximate surface area is 221 Å². The quantitative estimate of drug-likeness (QED) is 0.435. The number of rotatable bonds is 6. The van der Waals surface area contributed by atoms with Gasteiger partial charge in [-0.3, -0.25) is 9.47 Å². The molecule has 0 spiro atoms. The second-order valence-corrected chi connectivity index (χ2v) is 9.91. The van der Waals surface area contributed by atoms with Gasteiger partial charge in [-0.05, 0) is 44.4 Å². The summed E-state index contributed by atoms with van der Waals surface area (Å²) >= 11 is 0. The van der Waals surface area contributed by atoms with Gasteiger partial charge in [0.2, 0.25) is 0 Å². The van der Waals surface area contributed by atoms with E-state index in [-0.39, 0.29) is 23.8 Å². The number of halogens is 3. The van der Waals surface area contributed by atoms with E-state index in [2.05, 4.69) is 40.5 Å². The molecule has 1 aromatic carbocycles. The second-order valence-electron chi connectivity index (χ2n) is 9.91. The Morgan fingerprint density at radius 1 is 1.03 bits per heavy atom. The minimum absolute atomic E-state index is 0.0541. The first-order valence-electron chi connectivity index (χ1n) is 13.0. The minimum atomic E-state index is -4.35. The van der Waals surface area contributed by atoms with E-state index in [1.54, 1.807) is 26.1 Å².